The Bertz CT molecular complexity index is 470. The van der Waals surface area contributed by atoms with E-state index in [2.05, 4.69) is 34.3 Å². The fourth-order valence-corrected chi connectivity index (χ4v) is 6.94. The Kier molecular flexibility index (Phi) is 3.63. The van der Waals surface area contributed by atoms with Gasteiger partial charge in [0, 0.05) is 5.92 Å². The Hall–Kier alpha value is -0.340. The second-order valence-electron chi connectivity index (χ2n) is 9.83. The van der Waals surface area contributed by atoms with Crippen molar-refractivity contribution in [1.29, 1.82) is 0 Å². The van der Waals surface area contributed by atoms with Crippen LogP contribution in [0.2, 0.25) is 0 Å². The lowest BCUT2D eigenvalue weighted by Gasteiger charge is -2.65. The number of hydrogen-bond donors (Lipinski definition) is 2. The van der Waals surface area contributed by atoms with Crippen molar-refractivity contribution in [2.75, 3.05) is 0 Å². The monoisotopic (exact) mass is 306 g/mol. The SMILES string of the molecule is C=C[C@@]1(C)C[C@@H](O)[C@H]2[C@@](O)(CC[C@H]3C(C)(C)CCC[C@@]32C)C1. The second kappa shape index (κ2) is 4.83. The van der Waals surface area contributed by atoms with Crippen molar-refractivity contribution in [3.63, 3.8) is 0 Å². The fourth-order valence-electron chi connectivity index (χ4n) is 6.94. The van der Waals surface area contributed by atoms with Crippen LogP contribution < -0.4 is 0 Å². The van der Waals surface area contributed by atoms with Gasteiger partial charge in [-0.1, -0.05) is 40.2 Å². The molecule has 3 saturated carbocycles. The van der Waals surface area contributed by atoms with Crippen LogP contribution in [-0.4, -0.2) is 21.9 Å². The first kappa shape index (κ1) is 16.5. The minimum Gasteiger partial charge on any atom is -0.393 e. The molecule has 0 aromatic heterocycles. The van der Waals surface area contributed by atoms with Gasteiger partial charge in [-0.25, -0.2) is 0 Å². The number of hydrogen-bond acceptors (Lipinski definition) is 2. The molecule has 3 aliphatic rings. The molecule has 3 fully saturated rings. The maximum atomic E-state index is 11.5. The van der Waals surface area contributed by atoms with E-state index in [0.29, 0.717) is 11.3 Å². The Morgan fingerprint density at radius 1 is 1.09 bits per heavy atom. The van der Waals surface area contributed by atoms with Gasteiger partial charge in [-0.3, -0.25) is 0 Å². The summed E-state index contributed by atoms with van der Waals surface area (Å²) in [6, 6.07) is 0. The molecule has 0 amide bonds. The first-order valence-corrected chi connectivity index (χ1v) is 9.10. The third-order valence-corrected chi connectivity index (χ3v) is 7.69. The summed E-state index contributed by atoms with van der Waals surface area (Å²) in [7, 11) is 0. The van der Waals surface area contributed by atoms with E-state index in [1.54, 1.807) is 0 Å². The summed E-state index contributed by atoms with van der Waals surface area (Å²) in [5.41, 5.74) is -0.471. The standard InChI is InChI=1S/C20H34O2/c1-6-18(4)12-14(21)16-19(5)10-7-9-17(2,3)15(19)8-11-20(16,22)13-18/h6,14-16,21-22H,1,7-13H2,2-5H3/t14-,15+,16-,18+,19+,20-/m1/s1. The highest BCUT2D eigenvalue weighted by molar-refractivity contribution is 5.16. The van der Waals surface area contributed by atoms with Crippen molar-refractivity contribution >= 4 is 0 Å². The highest BCUT2D eigenvalue weighted by Gasteiger charge is 2.64. The summed E-state index contributed by atoms with van der Waals surface area (Å²) < 4.78 is 0. The van der Waals surface area contributed by atoms with Gasteiger partial charge in [-0.05, 0) is 60.7 Å². The van der Waals surface area contributed by atoms with E-state index >= 15 is 0 Å². The number of aliphatic hydroxyl groups excluding tert-OH is 1. The van der Waals surface area contributed by atoms with Gasteiger partial charge in [-0.2, -0.15) is 0 Å². The molecule has 0 saturated heterocycles. The lowest BCUT2D eigenvalue weighted by Crippen LogP contribution is -2.65. The molecule has 126 valence electrons. The quantitative estimate of drug-likeness (QED) is 0.709. The van der Waals surface area contributed by atoms with E-state index in [0.717, 1.165) is 32.1 Å². The van der Waals surface area contributed by atoms with Gasteiger partial charge in [0.05, 0.1) is 11.7 Å². The summed E-state index contributed by atoms with van der Waals surface area (Å²) in [6.45, 7) is 13.2. The van der Waals surface area contributed by atoms with Gasteiger partial charge >= 0.3 is 0 Å². The van der Waals surface area contributed by atoms with Crippen LogP contribution in [0.1, 0.15) is 72.6 Å². The Morgan fingerprint density at radius 3 is 2.41 bits per heavy atom. The molecule has 0 aromatic rings. The summed E-state index contributed by atoms with van der Waals surface area (Å²) in [5.74, 6) is 0.633. The van der Waals surface area contributed by atoms with Gasteiger partial charge < -0.3 is 10.2 Å². The maximum absolute atomic E-state index is 11.5. The third-order valence-electron chi connectivity index (χ3n) is 7.69. The van der Waals surface area contributed by atoms with Crippen LogP contribution in [0.4, 0.5) is 0 Å². The zero-order chi connectivity index (χ0) is 16.4. The minimum absolute atomic E-state index is 0.0198. The molecule has 3 rings (SSSR count). The Balaban J connectivity index is 2.01. The highest BCUT2D eigenvalue weighted by Crippen LogP contribution is 2.66. The van der Waals surface area contributed by atoms with Crippen LogP contribution in [0, 0.1) is 28.1 Å². The number of fused-ring (bicyclic) bond motifs is 3. The van der Waals surface area contributed by atoms with Crippen LogP contribution in [0.3, 0.4) is 0 Å². The van der Waals surface area contributed by atoms with Gasteiger partial charge in [0.15, 0.2) is 0 Å². The van der Waals surface area contributed by atoms with E-state index < -0.39 is 11.7 Å². The van der Waals surface area contributed by atoms with Crippen molar-refractivity contribution < 1.29 is 10.2 Å². The summed E-state index contributed by atoms with van der Waals surface area (Å²) >= 11 is 0. The number of allylic oxidation sites excluding steroid dienone is 1. The molecule has 6 atom stereocenters. The van der Waals surface area contributed by atoms with Crippen LogP contribution in [0.25, 0.3) is 0 Å². The van der Waals surface area contributed by atoms with Gasteiger partial charge in [0.2, 0.25) is 0 Å². The topological polar surface area (TPSA) is 40.5 Å². The molecule has 3 aliphatic carbocycles. The number of rotatable bonds is 1. The molecule has 0 radical (unpaired) electrons. The molecule has 0 unspecified atom stereocenters. The zero-order valence-corrected chi connectivity index (χ0v) is 14.9. The van der Waals surface area contributed by atoms with Crippen molar-refractivity contribution in [2.45, 2.75) is 84.3 Å². The predicted molar refractivity (Wildman–Crippen MR) is 90.4 cm³/mol. The first-order valence-electron chi connectivity index (χ1n) is 9.10. The Labute approximate surface area is 136 Å². The molecule has 0 bridgehead atoms. The molecule has 0 aliphatic heterocycles. The zero-order valence-electron chi connectivity index (χ0n) is 14.9. The van der Waals surface area contributed by atoms with Crippen LogP contribution >= 0.6 is 0 Å². The van der Waals surface area contributed by atoms with E-state index in [4.69, 9.17) is 0 Å². The lowest BCUT2D eigenvalue weighted by atomic mass is 9.41. The van der Waals surface area contributed by atoms with Crippen molar-refractivity contribution in [3.05, 3.63) is 12.7 Å². The minimum atomic E-state index is -0.723. The predicted octanol–water partition coefficient (Wildman–Crippen LogP) is 4.31. The second-order valence-corrected chi connectivity index (χ2v) is 9.83. The van der Waals surface area contributed by atoms with Crippen molar-refractivity contribution in [2.24, 2.45) is 28.1 Å². The molecule has 0 spiro atoms. The molecule has 0 aromatic carbocycles. The van der Waals surface area contributed by atoms with E-state index in [1.807, 2.05) is 6.08 Å². The molecule has 2 nitrogen and oxygen atoms in total. The van der Waals surface area contributed by atoms with E-state index in [-0.39, 0.29) is 16.7 Å². The first-order chi connectivity index (χ1) is 10.1. The average molecular weight is 306 g/mol. The molecule has 2 N–H and O–H groups in total. The van der Waals surface area contributed by atoms with Crippen molar-refractivity contribution in [1.82, 2.24) is 0 Å². The summed E-state index contributed by atoms with van der Waals surface area (Å²) in [4.78, 5) is 0. The average Bonchev–Trinajstić information content (AvgIpc) is 2.35. The Morgan fingerprint density at radius 2 is 1.77 bits per heavy atom. The highest BCUT2D eigenvalue weighted by atomic mass is 16.3. The molecule has 0 heterocycles. The molecular formula is C20H34O2. The third kappa shape index (κ3) is 2.21. The largest absolute Gasteiger partial charge is 0.393 e. The lowest BCUT2D eigenvalue weighted by molar-refractivity contribution is -0.237. The summed E-state index contributed by atoms with van der Waals surface area (Å²) in [6.07, 6.45) is 8.61. The molecule has 2 heteroatoms. The van der Waals surface area contributed by atoms with Crippen LogP contribution in [0.15, 0.2) is 12.7 Å². The number of aliphatic hydroxyl groups is 2. The molecule has 22 heavy (non-hydrogen) atoms. The smallest absolute Gasteiger partial charge is 0.0714 e. The van der Waals surface area contributed by atoms with Gasteiger partial charge in [0.1, 0.15) is 0 Å². The van der Waals surface area contributed by atoms with E-state index in [1.165, 1.54) is 12.8 Å². The normalized spacial score (nSPS) is 54.2. The van der Waals surface area contributed by atoms with E-state index in [9.17, 15) is 10.2 Å². The van der Waals surface area contributed by atoms with Gasteiger partial charge in [0.25, 0.3) is 0 Å². The van der Waals surface area contributed by atoms with Crippen molar-refractivity contribution in [3.8, 4) is 0 Å². The maximum Gasteiger partial charge on any atom is 0.0714 e. The van der Waals surface area contributed by atoms with Crippen LogP contribution in [0.5, 0.6) is 0 Å². The summed E-state index contributed by atoms with van der Waals surface area (Å²) in [5, 5.41) is 22.5. The van der Waals surface area contributed by atoms with Gasteiger partial charge in [-0.15, -0.1) is 6.58 Å². The fraction of sp³-hybridized carbons (Fsp3) is 0.900. The molecular weight excluding hydrogens is 272 g/mol. The van der Waals surface area contributed by atoms with Crippen LogP contribution in [-0.2, 0) is 0 Å².